The molecule has 1 heterocycles. The van der Waals surface area contributed by atoms with Crippen LogP contribution in [0, 0.1) is 15.9 Å². The molecular formula is C16H11ClFN5O2. The van der Waals surface area contributed by atoms with Gasteiger partial charge in [-0.05, 0) is 24.3 Å². The summed E-state index contributed by atoms with van der Waals surface area (Å²) in [5.74, 6) is -0.761. The number of aromatic nitrogens is 2. The van der Waals surface area contributed by atoms with Crippen LogP contribution in [-0.4, -0.2) is 14.9 Å². The van der Waals surface area contributed by atoms with Gasteiger partial charge in [0.05, 0.1) is 21.3 Å². The number of anilines is 4. The van der Waals surface area contributed by atoms with E-state index in [1.807, 2.05) is 0 Å². The second-order valence-corrected chi connectivity index (χ2v) is 5.29. The standard InChI is InChI=1S/C16H11ClFN5O2/c17-10-5-1-3-7-12(10)21-15-14(23(24)25)16(20-9-19-15)22-13-8-4-2-6-11(13)18/h1-9H,(H2,19,20,21,22). The van der Waals surface area contributed by atoms with E-state index in [1.54, 1.807) is 30.3 Å². The number of hydrogen-bond acceptors (Lipinski definition) is 6. The van der Waals surface area contributed by atoms with Crippen LogP contribution in [0.15, 0.2) is 54.9 Å². The summed E-state index contributed by atoms with van der Waals surface area (Å²) in [5.41, 5.74) is 0.0847. The van der Waals surface area contributed by atoms with E-state index >= 15 is 0 Å². The van der Waals surface area contributed by atoms with Crippen molar-refractivity contribution in [2.75, 3.05) is 10.6 Å². The quantitative estimate of drug-likeness (QED) is 0.508. The summed E-state index contributed by atoms with van der Waals surface area (Å²) >= 11 is 6.06. The van der Waals surface area contributed by atoms with Crippen molar-refractivity contribution in [2.45, 2.75) is 0 Å². The van der Waals surface area contributed by atoms with Crippen LogP contribution in [0.4, 0.5) is 33.1 Å². The van der Waals surface area contributed by atoms with E-state index in [0.29, 0.717) is 10.7 Å². The molecule has 0 saturated heterocycles. The second kappa shape index (κ2) is 7.10. The van der Waals surface area contributed by atoms with Gasteiger partial charge in [-0.3, -0.25) is 10.1 Å². The summed E-state index contributed by atoms with van der Waals surface area (Å²) in [6.07, 6.45) is 1.13. The molecule has 0 spiro atoms. The zero-order valence-electron chi connectivity index (χ0n) is 12.6. The molecule has 0 unspecified atom stereocenters. The van der Waals surface area contributed by atoms with Gasteiger partial charge in [-0.25, -0.2) is 14.4 Å². The van der Waals surface area contributed by atoms with Crippen LogP contribution in [0.2, 0.25) is 5.02 Å². The van der Waals surface area contributed by atoms with E-state index in [9.17, 15) is 14.5 Å². The lowest BCUT2D eigenvalue weighted by molar-refractivity contribution is -0.383. The number of nitrogens with one attached hydrogen (secondary N) is 2. The third-order valence-electron chi connectivity index (χ3n) is 3.26. The van der Waals surface area contributed by atoms with Crippen LogP contribution in [-0.2, 0) is 0 Å². The summed E-state index contributed by atoms with van der Waals surface area (Å²) in [5, 5.41) is 17.3. The van der Waals surface area contributed by atoms with Gasteiger partial charge in [0, 0.05) is 0 Å². The van der Waals surface area contributed by atoms with E-state index in [2.05, 4.69) is 20.6 Å². The van der Waals surface area contributed by atoms with Gasteiger partial charge in [0.2, 0.25) is 11.6 Å². The first-order chi connectivity index (χ1) is 12.1. The zero-order chi connectivity index (χ0) is 17.8. The molecule has 0 aliphatic rings. The molecule has 0 amide bonds. The van der Waals surface area contributed by atoms with Gasteiger partial charge in [-0.15, -0.1) is 0 Å². The number of nitro groups is 1. The van der Waals surface area contributed by atoms with Gasteiger partial charge >= 0.3 is 5.69 Å². The Kier molecular flexibility index (Phi) is 4.71. The van der Waals surface area contributed by atoms with Crippen molar-refractivity contribution in [1.29, 1.82) is 0 Å². The summed E-state index contributed by atoms with van der Waals surface area (Å²) in [7, 11) is 0. The molecule has 0 aliphatic heterocycles. The Morgan fingerprint density at radius 3 is 2.12 bits per heavy atom. The van der Waals surface area contributed by atoms with Crippen molar-refractivity contribution in [1.82, 2.24) is 9.97 Å². The first kappa shape index (κ1) is 16.6. The van der Waals surface area contributed by atoms with Crippen LogP contribution in [0.5, 0.6) is 0 Å². The van der Waals surface area contributed by atoms with Gasteiger partial charge < -0.3 is 10.6 Å². The highest BCUT2D eigenvalue weighted by molar-refractivity contribution is 6.33. The van der Waals surface area contributed by atoms with Crippen molar-refractivity contribution in [3.8, 4) is 0 Å². The van der Waals surface area contributed by atoms with E-state index in [0.717, 1.165) is 6.33 Å². The summed E-state index contributed by atoms with van der Waals surface area (Å²) in [6, 6.07) is 12.5. The smallest absolute Gasteiger partial charge is 0.333 e. The third-order valence-corrected chi connectivity index (χ3v) is 3.59. The maximum Gasteiger partial charge on any atom is 0.353 e. The molecule has 25 heavy (non-hydrogen) atoms. The molecule has 1 aromatic heterocycles. The molecule has 0 atom stereocenters. The molecule has 9 heteroatoms. The molecule has 0 radical (unpaired) electrons. The topological polar surface area (TPSA) is 93.0 Å². The maximum atomic E-state index is 13.8. The molecule has 7 nitrogen and oxygen atoms in total. The number of para-hydroxylation sites is 2. The highest BCUT2D eigenvalue weighted by Gasteiger charge is 2.24. The number of rotatable bonds is 5. The Labute approximate surface area is 146 Å². The van der Waals surface area contributed by atoms with Crippen molar-refractivity contribution in [3.05, 3.63) is 75.8 Å². The highest BCUT2D eigenvalue weighted by Crippen LogP contribution is 2.34. The molecular weight excluding hydrogens is 349 g/mol. The molecule has 126 valence electrons. The van der Waals surface area contributed by atoms with E-state index in [-0.39, 0.29) is 17.3 Å². The molecule has 2 N–H and O–H groups in total. The summed E-state index contributed by atoms with van der Waals surface area (Å²) in [4.78, 5) is 18.6. The van der Waals surface area contributed by atoms with Gasteiger partial charge in [-0.2, -0.15) is 0 Å². The average molecular weight is 360 g/mol. The van der Waals surface area contributed by atoms with Gasteiger partial charge in [-0.1, -0.05) is 35.9 Å². The Balaban J connectivity index is 2.02. The minimum absolute atomic E-state index is 0.0630. The summed E-state index contributed by atoms with van der Waals surface area (Å²) in [6.45, 7) is 0. The molecule has 3 aromatic rings. The largest absolute Gasteiger partial charge is 0.353 e. The van der Waals surface area contributed by atoms with Crippen molar-refractivity contribution in [2.24, 2.45) is 0 Å². The van der Waals surface area contributed by atoms with Crippen molar-refractivity contribution < 1.29 is 9.31 Å². The first-order valence-electron chi connectivity index (χ1n) is 7.09. The number of halogens is 2. The van der Waals surface area contributed by atoms with Crippen molar-refractivity contribution >= 4 is 40.3 Å². The van der Waals surface area contributed by atoms with Crippen LogP contribution >= 0.6 is 11.6 Å². The van der Waals surface area contributed by atoms with Crippen LogP contribution in [0.1, 0.15) is 0 Å². The Bertz CT molecular complexity index is 872. The number of benzene rings is 2. The summed E-state index contributed by atoms with van der Waals surface area (Å²) < 4.78 is 13.8. The second-order valence-electron chi connectivity index (χ2n) is 4.89. The SMILES string of the molecule is O=[N+]([O-])c1c(Nc2ccccc2F)ncnc1Nc1ccccc1Cl. The predicted molar refractivity (Wildman–Crippen MR) is 93.1 cm³/mol. The molecule has 3 rings (SSSR count). The normalized spacial score (nSPS) is 10.3. The lowest BCUT2D eigenvalue weighted by Crippen LogP contribution is -2.06. The Morgan fingerprint density at radius 2 is 1.52 bits per heavy atom. The molecule has 0 fully saturated rings. The highest BCUT2D eigenvalue weighted by atomic mass is 35.5. The maximum absolute atomic E-state index is 13.8. The van der Waals surface area contributed by atoms with Crippen LogP contribution < -0.4 is 10.6 Å². The molecule has 0 aliphatic carbocycles. The predicted octanol–water partition coefficient (Wildman–Crippen LogP) is 4.66. The first-order valence-corrected chi connectivity index (χ1v) is 7.46. The fourth-order valence-corrected chi connectivity index (χ4v) is 2.30. The van der Waals surface area contributed by atoms with Gasteiger partial charge in [0.25, 0.3) is 0 Å². The minimum atomic E-state index is -0.650. The van der Waals surface area contributed by atoms with Gasteiger partial charge in [0.1, 0.15) is 12.1 Å². The van der Waals surface area contributed by atoms with Crippen molar-refractivity contribution in [3.63, 3.8) is 0 Å². The molecule has 0 saturated carbocycles. The molecule has 2 aromatic carbocycles. The fourth-order valence-electron chi connectivity index (χ4n) is 2.11. The lowest BCUT2D eigenvalue weighted by atomic mass is 10.3. The van der Waals surface area contributed by atoms with E-state index < -0.39 is 16.4 Å². The van der Waals surface area contributed by atoms with E-state index in [1.165, 1.54) is 18.2 Å². The third kappa shape index (κ3) is 3.64. The monoisotopic (exact) mass is 359 g/mol. The van der Waals surface area contributed by atoms with E-state index in [4.69, 9.17) is 11.6 Å². The average Bonchev–Trinajstić information content (AvgIpc) is 2.59. The number of hydrogen-bond donors (Lipinski definition) is 2. The minimum Gasteiger partial charge on any atom is -0.333 e. The molecule has 0 bridgehead atoms. The fraction of sp³-hybridized carbons (Fsp3) is 0. The van der Waals surface area contributed by atoms with Gasteiger partial charge in [0.15, 0.2) is 0 Å². The van der Waals surface area contributed by atoms with Crippen LogP contribution in [0.25, 0.3) is 0 Å². The van der Waals surface area contributed by atoms with Crippen LogP contribution in [0.3, 0.4) is 0 Å². The Morgan fingerprint density at radius 1 is 0.960 bits per heavy atom. The number of nitrogens with zero attached hydrogens (tertiary/aromatic N) is 3. The Hall–Kier alpha value is -3.26. The lowest BCUT2D eigenvalue weighted by Gasteiger charge is -2.11. The zero-order valence-corrected chi connectivity index (χ0v) is 13.4.